The average molecular weight is 483 g/mol. The van der Waals surface area contributed by atoms with Gasteiger partial charge in [-0.1, -0.05) is 78.9 Å². The fraction of sp³-hybridized carbons (Fsp3) is 0.167. The highest BCUT2D eigenvalue weighted by Gasteiger charge is 2.33. The number of hydrogen-bond acceptors (Lipinski definition) is 3. The van der Waals surface area contributed by atoms with Crippen molar-refractivity contribution >= 4 is 41.2 Å². The van der Waals surface area contributed by atoms with E-state index in [1.165, 1.54) is 5.56 Å². The van der Waals surface area contributed by atoms with Crippen LogP contribution in [0.5, 0.6) is 0 Å². The second kappa shape index (κ2) is 11.1. The van der Waals surface area contributed by atoms with E-state index in [0.717, 1.165) is 37.1 Å². The topological polar surface area (TPSA) is 49.4 Å². The maximum atomic E-state index is 13.4. The zero-order valence-electron chi connectivity index (χ0n) is 19.3. The lowest BCUT2D eigenvalue weighted by Gasteiger charge is -2.35. The molecule has 1 heterocycles. The molecule has 1 aliphatic carbocycles. The molecule has 176 valence electrons. The highest BCUT2D eigenvalue weighted by atomic mass is 35.5. The van der Waals surface area contributed by atoms with Gasteiger partial charge in [-0.2, -0.15) is 0 Å². The molecular weight excluding hydrogens is 456 g/mol. The first kappa shape index (κ1) is 24.3. The number of carbonyl (C=O) groups is 1. The summed E-state index contributed by atoms with van der Waals surface area (Å²) in [5.41, 5.74) is 5.57. The van der Waals surface area contributed by atoms with E-state index in [4.69, 9.17) is 0 Å². The van der Waals surface area contributed by atoms with Gasteiger partial charge in [-0.15, -0.1) is 12.4 Å². The van der Waals surface area contributed by atoms with Crippen molar-refractivity contribution < 1.29 is 9.59 Å². The molecule has 3 aromatic carbocycles. The number of rotatable bonds is 4. The lowest BCUT2D eigenvalue weighted by Crippen LogP contribution is -2.38. The van der Waals surface area contributed by atoms with Crippen molar-refractivity contribution in [3.05, 3.63) is 119 Å². The smallest absolute Gasteiger partial charge is 0.256 e. The Labute approximate surface area is 212 Å². The van der Waals surface area contributed by atoms with Crippen LogP contribution < -0.4 is 10.2 Å². The molecule has 5 heteroatoms. The largest absolute Gasteiger partial charge is 0.360 e. The van der Waals surface area contributed by atoms with Crippen molar-refractivity contribution in [2.24, 2.45) is 0 Å². The van der Waals surface area contributed by atoms with E-state index < -0.39 is 0 Å². The highest BCUT2D eigenvalue weighted by Crippen LogP contribution is 2.38. The number of fused-ring (bicyclic) bond motifs is 1. The Morgan fingerprint density at radius 1 is 0.886 bits per heavy atom. The number of nitrogens with one attached hydrogen (secondary N) is 1. The summed E-state index contributed by atoms with van der Waals surface area (Å²) < 4.78 is 0. The summed E-state index contributed by atoms with van der Waals surface area (Å²) in [5, 5.41) is 2.97. The van der Waals surface area contributed by atoms with Gasteiger partial charge in [0.2, 0.25) is 0 Å². The zero-order valence-corrected chi connectivity index (χ0v) is 20.1. The van der Waals surface area contributed by atoms with Gasteiger partial charge in [0.1, 0.15) is 5.94 Å². The first-order chi connectivity index (χ1) is 16.8. The van der Waals surface area contributed by atoms with Gasteiger partial charge >= 0.3 is 0 Å². The summed E-state index contributed by atoms with van der Waals surface area (Å²) in [6.07, 6.45) is 7.00. The van der Waals surface area contributed by atoms with Gasteiger partial charge in [0, 0.05) is 29.1 Å². The zero-order chi connectivity index (χ0) is 23.3. The number of aryl methyl sites for hydroxylation is 1. The third-order valence-corrected chi connectivity index (χ3v) is 6.46. The molecule has 0 bridgehead atoms. The minimum absolute atomic E-state index is 0. The third kappa shape index (κ3) is 5.00. The fourth-order valence-corrected chi connectivity index (χ4v) is 4.87. The predicted molar refractivity (Wildman–Crippen MR) is 145 cm³/mol. The number of benzene rings is 3. The molecule has 0 saturated heterocycles. The first-order valence-corrected chi connectivity index (χ1v) is 11.7. The summed E-state index contributed by atoms with van der Waals surface area (Å²) in [7, 11) is 0. The van der Waals surface area contributed by atoms with Crippen LogP contribution in [0.15, 0.2) is 108 Å². The molecule has 1 unspecified atom stereocenters. The monoisotopic (exact) mass is 482 g/mol. The van der Waals surface area contributed by atoms with Gasteiger partial charge in [0.15, 0.2) is 0 Å². The van der Waals surface area contributed by atoms with E-state index in [1.54, 1.807) is 0 Å². The summed E-state index contributed by atoms with van der Waals surface area (Å²) in [4.78, 5) is 28.2. The molecule has 1 aliphatic heterocycles. The normalized spacial score (nSPS) is 17.1. The Bertz CT molecular complexity index is 1310. The summed E-state index contributed by atoms with van der Waals surface area (Å²) in [6, 6.07) is 27.1. The van der Waals surface area contributed by atoms with E-state index in [9.17, 15) is 9.59 Å². The SMILES string of the molecule is Cl.O=C=C1C(c2ccccc2)=C(C(=O)Nc2ccccc2)C=CC1N1CCCCc2ccccc21. The van der Waals surface area contributed by atoms with Crippen molar-refractivity contribution in [1.82, 2.24) is 0 Å². The first-order valence-electron chi connectivity index (χ1n) is 11.7. The Kier molecular flexibility index (Phi) is 7.67. The lowest BCUT2D eigenvalue weighted by molar-refractivity contribution is -0.112. The van der Waals surface area contributed by atoms with Crippen molar-refractivity contribution in [2.75, 3.05) is 16.8 Å². The molecule has 35 heavy (non-hydrogen) atoms. The van der Waals surface area contributed by atoms with Crippen LogP contribution in [-0.2, 0) is 16.0 Å². The van der Waals surface area contributed by atoms with Gasteiger partial charge in [-0.05, 0) is 48.6 Å². The molecule has 1 amide bonds. The predicted octanol–water partition coefficient (Wildman–Crippen LogP) is 6.04. The molecule has 1 atom stereocenters. The number of para-hydroxylation sites is 2. The molecule has 2 aliphatic rings. The van der Waals surface area contributed by atoms with Crippen molar-refractivity contribution in [3.8, 4) is 0 Å². The molecule has 0 radical (unpaired) electrons. The number of halogens is 1. The lowest BCUT2D eigenvalue weighted by atomic mass is 9.84. The van der Waals surface area contributed by atoms with Crippen LogP contribution in [0, 0.1) is 0 Å². The number of nitrogens with zero attached hydrogens (tertiary/aromatic N) is 1. The minimum atomic E-state index is -0.291. The Hall–Kier alpha value is -3.85. The van der Waals surface area contributed by atoms with Gasteiger partial charge < -0.3 is 10.2 Å². The van der Waals surface area contributed by atoms with Crippen LogP contribution in [0.4, 0.5) is 11.4 Å². The molecule has 4 nitrogen and oxygen atoms in total. The van der Waals surface area contributed by atoms with Crippen LogP contribution in [0.25, 0.3) is 5.57 Å². The van der Waals surface area contributed by atoms with Gasteiger partial charge in [-0.3, -0.25) is 4.79 Å². The van der Waals surface area contributed by atoms with Crippen LogP contribution in [-0.4, -0.2) is 24.4 Å². The number of hydrogen-bond donors (Lipinski definition) is 1. The van der Waals surface area contributed by atoms with Gasteiger partial charge in [0.25, 0.3) is 5.91 Å². The van der Waals surface area contributed by atoms with E-state index in [-0.39, 0.29) is 24.4 Å². The number of amides is 1. The van der Waals surface area contributed by atoms with Crippen LogP contribution >= 0.6 is 12.4 Å². The maximum Gasteiger partial charge on any atom is 0.256 e. The Morgan fingerprint density at radius 3 is 2.31 bits per heavy atom. The molecule has 5 rings (SSSR count). The van der Waals surface area contributed by atoms with Crippen LogP contribution in [0.2, 0.25) is 0 Å². The summed E-state index contributed by atoms with van der Waals surface area (Å²) in [5.74, 6) is 1.99. The highest BCUT2D eigenvalue weighted by molar-refractivity contribution is 6.15. The molecule has 0 saturated carbocycles. The number of anilines is 2. The van der Waals surface area contributed by atoms with Gasteiger partial charge in [0.05, 0.1) is 11.6 Å². The second-order valence-corrected chi connectivity index (χ2v) is 8.57. The molecule has 0 fully saturated rings. The van der Waals surface area contributed by atoms with Crippen molar-refractivity contribution in [2.45, 2.75) is 25.3 Å². The van der Waals surface area contributed by atoms with E-state index in [0.29, 0.717) is 22.4 Å². The fourth-order valence-electron chi connectivity index (χ4n) is 4.87. The molecule has 0 spiro atoms. The Balaban J connectivity index is 0.00000289. The van der Waals surface area contributed by atoms with E-state index in [1.807, 2.05) is 78.9 Å². The van der Waals surface area contributed by atoms with E-state index in [2.05, 4.69) is 34.4 Å². The van der Waals surface area contributed by atoms with Crippen molar-refractivity contribution in [1.29, 1.82) is 0 Å². The quantitative estimate of drug-likeness (QED) is 0.461. The van der Waals surface area contributed by atoms with E-state index >= 15 is 0 Å². The molecule has 1 N–H and O–H groups in total. The standard InChI is InChI=1S/C30H26N2O2.ClH/c33-21-26-28(32-20-10-9-12-22-11-7-8-17-27(22)32)19-18-25(29(26)23-13-3-1-4-14-23)30(34)31-24-15-5-2-6-16-24;/h1-8,11,13-19,28H,9-10,12,20H2,(H,31,34);1H. The molecule has 3 aromatic rings. The molecular formula is C30H27ClN2O2. The number of carbonyl (C=O) groups excluding carboxylic acids is 2. The minimum Gasteiger partial charge on any atom is -0.360 e. The maximum absolute atomic E-state index is 13.4. The Morgan fingerprint density at radius 2 is 1.57 bits per heavy atom. The van der Waals surface area contributed by atoms with Gasteiger partial charge in [-0.25, -0.2) is 4.79 Å². The van der Waals surface area contributed by atoms with Crippen LogP contribution in [0.3, 0.4) is 0 Å². The molecule has 0 aromatic heterocycles. The van der Waals surface area contributed by atoms with Crippen molar-refractivity contribution in [3.63, 3.8) is 0 Å². The second-order valence-electron chi connectivity index (χ2n) is 8.57. The van der Waals surface area contributed by atoms with Crippen LogP contribution in [0.1, 0.15) is 24.0 Å². The third-order valence-electron chi connectivity index (χ3n) is 6.46. The average Bonchev–Trinajstić information content (AvgIpc) is 3.11. The summed E-state index contributed by atoms with van der Waals surface area (Å²) >= 11 is 0. The summed E-state index contributed by atoms with van der Waals surface area (Å²) in [6.45, 7) is 0.838.